The molecule has 0 spiro atoms. The number of carboxylic acids is 1. The van der Waals surface area contributed by atoms with Crippen LogP contribution in [0, 0.1) is 0 Å². The molecule has 1 heterocycles. The molecule has 11 heavy (non-hydrogen) atoms. The Morgan fingerprint density at radius 2 is 2.64 bits per heavy atom. The number of carbonyl (C=O) groups is 1. The summed E-state index contributed by atoms with van der Waals surface area (Å²) in [5.74, 6) is -1.15. The molecular weight excluding hydrogens is 144 g/mol. The molecule has 4 heteroatoms. The van der Waals surface area contributed by atoms with Gasteiger partial charge in [-0.3, -0.25) is 4.79 Å². The van der Waals surface area contributed by atoms with Crippen molar-refractivity contribution in [1.29, 1.82) is 0 Å². The maximum atomic E-state index is 10.6. The first-order chi connectivity index (χ1) is 5.29. The summed E-state index contributed by atoms with van der Waals surface area (Å²) in [5.41, 5.74) is 1.70. The molecule has 0 radical (unpaired) electrons. The van der Waals surface area contributed by atoms with Crippen LogP contribution in [-0.4, -0.2) is 21.0 Å². The highest BCUT2D eigenvalue weighted by Gasteiger charge is 2.30. The van der Waals surface area contributed by atoms with Gasteiger partial charge in [0.1, 0.15) is 5.92 Å². The lowest BCUT2D eigenvalue weighted by atomic mass is 10.1. The van der Waals surface area contributed by atoms with Crippen molar-refractivity contribution in [2.24, 2.45) is 0 Å². The largest absolute Gasteiger partial charge is 0.481 e. The minimum absolute atomic E-state index is 0.378. The minimum Gasteiger partial charge on any atom is -0.481 e. The maximum Gasteiger partial charge on any atom is 0.312 e. The normalized spacial score (nSPS) is 21.6. The number of aryl methyl sites for hydroxylation is 1. The molecule has 1 unspecified atom stereocenters. The van der Waals surface area contributed by atoms with Crippen LogP contribution in [-0.2, 0) is 11.2 Å². The molecule has 0 aromatic carbocycles. The molecule has 1 aromatic rings. The van der Waals surface area contributed by atoms with E-state index < -0.39 is 5.97 Å². The van der Waals surface area contributed by atoms with Crippen molar-refractivity contribution in [3.63, 3.8) is 0 Å². The summed E-state index contributed by atoms with van der Waals surface area (Å²) in [6, 6.07) is 0. The second-order valence-corrected chi connectivity index (χ2v) is 2.70. The number of fused-ring (bicyclic) bond motifs is 1. The van der Waals surface area contributed by atoms with Crippen LogP contribution in [0.3, 0.4) is 0 Å². The third kappa shape index (κ3) is 0.824. The predicted octanol–water partition coefficient (Wildman–Crippen LogP) is 0.524. The van der Waals surface area contributed by atoms with E-state index in [0.717, 1.165) is 17.8 Å². The van der Waals surface area contributed by atoms with E-state index in [1.807, 2.05) is 0 Å². The summed E-state index contributed by atoms with van der Waals surface area (Å²) in [5, 5.41) is 8.72. The van der Waals surface area contributed by atoms with Crippen LogP contribution in [0.15, 0.2) is 6.33 Å². The van der Waals surface area contributed by atoms with Gasteiger partial charge in [0.15, 0.2) is 0 Å². The smallest absolute Gasteiger partial charge is 0.312 e. The number of H-pyrrole nitrogens is 1. The highest BCUT2D eigenvalue weighted by molar-refractivity contribution is 5.76. The Labute approximate surface area is 63.3 Å². The summed E-state index contributed by atoms with van der Waals surface area (Å²) in [4.78, 5) is 17.5. The first kappa shape index (κ1) is 6.39. The fraction of sp³-hybridized carbons (Fsp3) is 0.429. The predicted molar refractivity (Wildman–Crippen MR) is 37.3 cm³/mol. The van der Waals surface area contributed by atoms with Crippen LogP contribution < -0.4 is 0 Å². The molecule has 0 amide bonds. The second kappa shape index (κ2) is 2.08. The van der Waals surface area contributed by atoms with Gasteiger partial charge in [-0.05, 0) is 12.8 Å². The van der Waals surface area contributed by atoms with Crippen LogP contribution in [0.2, 0.25) is 0 Å². The third-order valence-corrected chi connectivity index (χ3v) is 2.06. The number of imidazole rings is 1. The van der Waals surface area contributed by atoms with E-state index >= 15 is 0 Å². The number of rotatable bonds is 1. The second-order valence-electron chi connectivity index (χ2n) is 2.70. The van der Waals surface area contributed by atoms with Gasteiger partial charge in [-0.1, -0.05) is 0 Å². The Balaban J connectivity index is 2.38. The zero-order chi connectivity index (χ0) is 7.84. The molecule has 4 nitrogen and oxygen atoms in total. The maximum absolute atomic E-state index is 10.6. The molecule has 1 aliphatic carbocycles. The van der Waals surface area contributed by atoms with Crippen LogP contribution in [0.1, 0.15) is 23.7 Å². The Kier molecular flexibility index (Phi) is 1.21. The van der Waals surface area contributed by atoms with Gasteiger partial charge in [-0.2, -0.15) is 0 Å². The molecular formula is C7H8N2O2. The topological polar surface area (TPSA) is 66.0 Å². The molecule has 0 bridgehead atoms. The lowest BCUT2D eigenvalue weighted by Gasteiger charge is -1.99. The summed E-state index contributed by atoms with van der Waals surface area (Å²) in [6.45, 7) is 0. The fourth-order valence-corrected chi connectivity index (χ4v) is 1.50. The van der Waals surface area contributed by atoms with Crippen molar-refractivity contribution in [3.8, 4) is 0 Å². The Morgan fingerprint density at radius 1 is 1.82 bits per heavy atom. The van der Waals surface area contributed by atoms with Gasteiger partial charge < -0.3 is 10.1 Å². The minimum atomic E-state index is -0.768. The van der Waals surface area contributed by atoms with Crippen LogP contribution in [0.25, 0.3) is 0 Å². The van der Waals surface area contributed by atoms with E-state index in [2.05, 4.69) is 9.97 Å². The van der Waals surface area contributed by atoms with E-state index in [9.17, 15) is 4.79 Å². The molecule has 1 aromatic heterocycles. The van der Waals surface area contributed by atoms with Crippen molar-refractivity contribution in [3.05, 3.63) is 17.7 Å². The summed E-state index contributed by atoms with van der Waals surface area (Å²) in [6.07, 6.45) is 3.05. The lowest BCUT2D eigenvalue weighted by molar-refractivity contribution is -0.138. The quantitative estimate of drug-likeness (QED) is 0.616. The number of carboxylic acid groups (broad SMARTS) is 1. The average molecular weight is 152 g/mol. The van der Waals surface area contributed by atoms with Gasteiger partial charge in [0, 0.05) is 5.69 Å². The van der Waals surface area contributed by atoms with E-state index in [-0.39, 0.29) is 5.92 Å². The monoisotopic (exact) mass is 152 g/mol. The van der Waals surface area contributed by atoms with Crippen LogP contribution in [0.5, 0.6) is 0 Å². The Hall–Kier alpha value is -1.32. The van der Waals surface area contributed by atoms with E-state index in [1.54, 1.807) is 6.33 Å². The van der Waals surface area contributed by atoms with E-state index in [0.29, 0.717) is 6.42 Å². The van der Waals surface area contributed by atoms with Gasteiger partial charge >= 0.3 is 5.97 Å². The van der Waals surface area contributed by atoms with Gasteiger partial charge in [0.2, 0.25) is 0 Å². The van der Waals surface area contributed by atoms with Gasteiger partial charge in [0.05, 0.1) is 12.0 Å². The Morgan fingerprint density at radius 3 is 3.36 bits per heavy atom. The standard InChI is InChI=1S/C7H8N2O2/c10-7(11)4-1-2-5-6(4)9-3-8-5/h3-4H,1-2H2,(H,8,9)(H,10,11). The average Bonchev–Trinajstić information content (AvgIpc) is 2.41. The van der Waals surface area contributed by atoms with E-state index in [4.69, 9.17) is 5.11 Å². The highest BCUT2D eigenvalue weighted by atomic mass is 16.4. The molecule has 0 aliphatic heterocycles. The summed E-state index contributed by atoms with van der Waals surface area (Å²) in [7, 11) is 0. The number of hydrogen-bond acceptors (Lipinski definition) is 2. The zero-order valence-electron chi connectivity index (χ0n) is 5.87. The first-order valence-electron chi connectivity index (χ1n) is 3.54. The van der Waals surface area contributed by atoms with Gasteiger partial charge in [-0.15, -0.1) is 0 Å². The molecule has 1 aliphatic rings. The molecule has 1 atom stereocenters. The van der Waals surface area contributed by atoms with Crippen LogP contribution in [0.4, 0.5) is 0 Å². The summed E-state index contributed by atoms with van der Waals surface area (Å²) >= 11 is 0. The van der Waals surface area contributed by atoms with Crippen molar-refractivity contribution in [2.45, 2.75) is 18.8 Å². The molecule has 0 fully saturated rings. The first-order valence-corrected chi connectivity index (χ1v) is 3.54. The number of nitrogens with one attached hydrogen (secondary N) is 1. The lowest BCUT2D eigenvalue weighted by Crippen LogP contribution is -2.08. The highest BCUT2D eigenvalue weighted by Crippen LogP contribution is 2.29. The molecule has 2 rings (SSSR count). The van der Waals surface area contributed by atoms with Crippen molar-refractivity contribution >= 4 is 5.97 Å². The Bertz CT molecular complexity index is 292. The van der Waals surface area contributed by atoms with Crippen molar-refractivity contribution in [2.75, 3.05) is 0 Å². The molecule has 0 saturated carbocycles. The van der Waals surface area contributed by atoms with E-state index in [1.165, 1.54) is 0 Å². The molecule has 0 saturated heterocycles. The number of aromatic nitrogens is 2. The zero-order valence-corrected chi connectivity index (χ0v) is 5.87. The van der Waals surface area contributed by atoms with Gasteiger partial charge in [-0.25, -0.2) is 4.98 Å². The SMILES string of the molecule is O=C(O)C1CCc2[nH]cnc21. The van der Waals surface area contributed by atoms with Crippen molar-refractivity contribution < 1.29 is 9.90 Å². The number of aliphatic carboxylic acids is 1. The van der Waals surface area contributed by atoms with Crippen LogP contribution >= 0.6 is 0 Å². The summed E-state index contributed by atoms with van der Waals surface area (Å²) < 4.78 is 0. The fourth-order valence-electron chi connectivity index (χ4n) is 1.50. The molecule has 2 N–H and O–H groups in total. The van der Waals surface area contributed by atoms with Crippen molar-refractivity contribution in [1.82, 2.24) is 9.97 Å². The molecule has 58 valence electrons. The number of nitrogens with zero attached hydrogens (tertiary/aromatic N) is 1. The number of aromatic amines is 1. The van der Waals surface area contributed by atoms with Gasteiger partial charge in [0.25, 0.3) is 0 Å². The third-order valence-electron chi connectivity index (χ3n) is 2.06. The number of hydrogen-bond donors (Lipinski definition) is 2.